The summed E-state index contributed by atoms with van der Waals surface area (Å²) in [6.45, 7) is 0. The van der Waals surface area contributed by atoms with Gasteiger partial charge in [-0.25, -0.2) is 4.98 Å². The van der Waals surface area contributed by atoms with E-state index in [0.717, 1.165) is 18.3 Å². The van der Waals surface area contributed by atoms with E-state index in [1.54, 1.807) is 0 Å². The van der Waals surface area contributed by atoms with Crippen LogP contribution in [0.3, 0.4) is 0 Å². The highest BCUT2D eigenvalue weighted by Crippen LogP contribution is 2.41. The van der Waals surface area contributed by atoms with Gasteiger partial charge in [0.1, 0.15) is 5.82 Å². The van der Waals surface area contributed by atoms with Crippen molar-refractivity contribution in [1.29, 1.82) is 0 Å². The number of nitrogens with two attached hydrogens (primary N) is 1. The van der Waals surface area contributed by atoms with Gasteiger partial charge in [-0.1, -0.05) is 36.4 Å². The minimum absolute atomic E-state index is 0.0177. The van der Waals surface area contributed by atoms with Gasteiger partial charge in [0, 0.05) is 17.3 Å². The highest BCUT2D eigenvalue weighted by molar-refractivity contribution is 5.82. The maximum atomic E-state index is 13.3. The van der Waals surface area contributed by atoms with Crippen molar-refractivity contribution in [2.45, 2.75) is 12.4 Å². The Balaban J connectivity index is 2.23. The molecule has 0 radical (unpaired) electrons. The molecule has 0 aliphatic heterocycles. The molecule has 0 aliphatic carbocycles. The van der Waals surface area contributed by atoms with Crippen LogP contribution in [0.4, 0.5) is 32.2 Å². The van der Waals surface area contributed by atoms with Gasteiger partial charge in [-0.15, -0.1) is 0 Å². The number of aromatic nitrogens is 1. The first-order chi connectivity index (χ1) is 12.6. The minimum atomic E-state index is -4.65. The number of halogens is 6. The van der Waals surface area contributed by atoms with E-state index < -0.39 is 23.5 Å². The molecule has 0 atom stereocenters. The molecule has 3 aromatic rings. The molecule has 140 valence electrons. The smallest absolute Gasteiger partial charge is 0.383 e. The Morgan fingerprint density at radius 1 is 0.667 bits per heavy atom. The highest BCUT2D eigenvalue weighted by atomic mass is 19.4. The number of alkyl halides is 6. The molecule has 1 heterocycles. The molecule has 0 unspecified atom stereocenters. The molecule has 0 saturated heterocycles. The number of pyridine rings is 1. The second-order valence-electron chi connectivity index (χ2n) is 5.74. The average Bonchev–Trinajstić information content (AvgIpc) is 2.61. The van der Waals surface area contributed by atoms with E-state index >= 15 is 0 Å². The third-order valence-electron chi connectivity index (χ3n) is 3.98. The van der Waals surface area contributed by atoms with Crippen LogP contribution >= 0.6 is 0 Å². The molecule has 2 nitrogen and oxygen atoms in total. The van der Waals surface area contributed by atoms with Crippen molar-refractivity contribution in [3.63, 3.8) is 0 Å². The van der Waals surface area contributed by atoms with Crippen molar-refractivity contribution in [3.05, 3.63) is 71.9 Å². The van der Waals surface area contributed by atoms with Crippen LogP contribution in [0.5, 0.6) is 0 Å². The van der Waals surface area contributed by atoms with E-state index in [1.165, 1.54) is 42.5 Å². The molecular formula is C19H12F6N2. The second kappa shape index (κ2) is 6.61. The summed E-state index contributed by atoms with van der Waals surface area (Å²) in [7, 11) is 0. The summed E-state index contributed by atoms with van der Waals surface area (Å²) >= 11 is 0. The Kier molecular flexibility index (Phi) is 4.59. The normalized spacial score (nSPS) is 12.2. The van der Waals surface area contributed by atoms with E-state index in [9.17, 15) is 26.3 Å². The number of hydrogen-bond acceptors (Lipinski definition) is 2. The Morgan fingerprint density at radius 3 is 1.70 bits per heavy atom. The molecule has 0 amide bonds. The summed E-state index contributed by atoms with van der Waals surface area (Å²) in [5, 5.41) is 0. The van der Waals surface area contributed by atoms with Gasteiger partial charge in [0.05, 0.1) is 11.1 Å². The fourth-order valence-electron chi connectivity index (χ4n) is 2.79. The lowest BCUT2D eigenvalue weighted by atomic mass is 9.95. The number of rotatable bonds is 2. The predicted octanol–water partition coefficient (Wildman–Crippen LogP) is 6.04. The van der Waals surface area contributed by atoms with Crippen LogP contribution in [0.15, 0.2) is 60.8 Å². The molecule has 0 spiro atoms. The van der Waals surface area contributed by atoms with Crippen LogP contribution < -0.4 is 5.73 Å². The Hall–Kier alpha value is -3.03. The minimum Gasteiger partial charge on any atom is -0.383 e. The molecule has 0 aliphatic rings. The van der Waals surface area contributed by atoms with Crippen LogP contribution in [0, 0.1) is 0 Å². The zero-order chi connectivity index (χ0) is 19.8. The molecule has 27 heavy (non-hydrogen) atoms. The van der Waals surface area contributed by atoms with E-state index in [-0.39, 0.29) is 28.1 Å². The summed E-state index contributed by atoms with van der Waals surface area (Å²) in [4.78, 5) is 3.82. The molecule has 0 fully saturated rings. The topological polar surface area (TPSA) is 38.9 Å². The molecule has 1 aromatic heterocycles. The summed E-state index contributed by atoms with van der Waals surface area (Å²) in [6, 6.07) is 10.7. The molecule has 2 aromatic carbocycles. The van der Waals surface area contributed by atoms with Crippen molar-refractivity contribution in [1.82, 2.24) is 4.98 Å². The maximum absolute atomic E-state index is 13.3. The number of nitrogens with zero attached hydrogens (tertiary/aromatic N) is 1. The molecule has 3 rings (SSSR count). The Labute approximate surface area is 150 Å². The number of benzene rings is 2. The number of nitrogen functional groups attached to an aromatic ring is 1. The lowest BCUT2D eigenvalue weighted by Crippen LogP contribution is -2.09. The third-order valence-corrected chi connectivity index (χ3v) is 3.98. The molecule has 0 saturated carbocycles. The summed E-state index contributed by atoms with van der Waals surface area (Å²) < 4.78 is 79.7. The van der Waals surface area contributed by atoms with Gasteiger partial charge in [-0.3, -0.25) is 0 Å². The van der Waals surface area contributed by atoms with E-state index in [0.29, 0.717) is 0 Å². The van der Waals surface area contributed by atoms with Crippen molar-refractivity contribution in [2.24, 2.45) is 0 Å². The lowest BCUT2D eigenvalue weighted by Gasteiger charge is -2.16. The van der Waals surface area contributed by atoms with E-state index in [1.807, 2.05) is 0 Å². The maximum Gasteiger partial charge on any atom is 0.417 e. The van der Waals surface area contributed by atoms with Gasteiger partial charge in [0.15, 0.2) is 0 Å². The first kappa shape index (κ1) is 18.8. The molecule has 0 bridgehead atoms. The van der Waals surface area contributed by atoms with Crippen molar-refractivity contribution < 1.29 is 26.3 Å². The summed E-state index contributed by atoms with van der Waals surface area (Å²) in [6.07, 6.45) is -8.16. The Morgan fingerprint density at radius 2 is 1.15 bits per heavy atom. The van der Waals surface area contributed by atoms with E-state index in [2.05, 4.69) is 4.98 Å². The van der Waals surface area contributed by atoms with Crippen LogP contribution in [0.1, 0.15) is 11.1 Å². The van der Waals surface area contributed by atoms with Gasteiger partial charge >= 0.3 is 12.4 Å². The van der Waals surface area contributed by atoms with Gasteiger partial charge < -0.3 is 5.73 Å². The summed E-state index contributed by atoms with van der Waals surface area (Å²) in [5.74, 6) is -0.208. The fraction of sp³-hybridized carbons (Fsp3) is 0.105. The lowest BCUT2D eigenvalue weighted by molar-refractivity contribution is -0.137. The number of anilines is 1. The van der Waals surface area contributed by atoms with Crippen LogP contribution in [-0.2, 0) is 12.4 Å². The summed E-state index contributed by atoms with van der Waals surface area (Å²) in [5.41, 5.74) is 3.37. The molecular weight excluding hydrogens is 370 g/mol. The molecule has 2 N–H and O–H groups in total. The first-order valence-corrected chi connectivity index (χ1v) is 7.68. The Bertz CT molecular complexity index is 976. The zero-order valence-corrected chi connectivity index (χ0v) is 13.6. The van der Waals surface area contributed by atoms with E-state index in [4.69, 9.17) is 5.73 Å². The monoisotopic (exact) mass is 382 g/mol. The second-order valence-corrected chi connectivity index (χ2v) is 5.74. The largest absolute Gasteiger partial charge is 0.417 e. The molecule has 8 heteroatoms. The van der Waals surface area contributed by atoms with Crippen LogP contribution in [0.25, 0.3) is 22.3 Å². The quantitative estimate of drug-likeness (QED) is 0.549. The van der Waals surface area contributed by atoms with Crippen molar-refractivity contribution in [3.8, 4) is 22.3 Å². The van der Waals surface area contributed by atoms with Gasteiger partial charge in [-0.05, 0) is 29.3 Å². The predicted molar refractivity (Wildman–Crippen MR) is 89.5 cm³/mol. The fourth-order valence-corrected chi connectivity index (χ4v) is 2.79. The third kappa shape index (κ3) is 3.74. The van der Waals surface area contributed by atoms with Crippen LogP contribution in [0.2, 0.25) is 0 Å². The first-order valence-electron chi connectivity index (χ1n) is 7.68. The van der Waals surface area contributed by atoms with Gasteiger partial charge in [-0.2, -0.15) is 26.3 Å². The standard InChI is InChI=1S/C19H12F6N2/c20-18(21,22)15-7-3-1-5-12(15)11-9-14(17(26)27-10-11)13-6-2-4-8-16(13)19(23,24)25/h1-10H,(H2,26,27). The number of hydrogen-bond donors (Lipinski definition) is 1. The van der Waals surface area contributed by atoms with Gasteiger partial charge in [0.2, 0.25) is 0 Å². The average molecular weight is 382 g/mol. The van der Waals surface area contributed by atoms with Gasteiger partial charge in [0.25, 0.3) is 0 Å². The van der Waals surface area contributed by atoms with Crippen LogP contribution in [-0.4, -0.2) is 4.98 Å². The SMILES string of the molecule is Nc1ncc(-c2ccccc2C(F)(F)F)cc1-c1ccccc1C(F)(F)F. The van der Waals surface area contributed by atoms with Crippen molar-refractivity contribution >= 4 is 5.82 Å². The zero-order valence-electron chi connectivity index (χ0n) is 13.6. The highest BCUT2D eigenvalue weighted by Gasteiger charge is 2.35. The van der Waals surface area contributed by atoms with Crippen molar-refractivity contribution in [2.75, 3.05) is 5.73 Å².